The SMILES string of the molecule is Cc1cc(-n2c(C)cc(C(=O)COC(=O)c3ccccc3SCC(=O)N(C)C)c2C)no1. The molecule has 8 nitrogen and oxygen atoms in total. The molecule has 0 saturated carbocycles. The Balaban J connectivity index is 1.70. The van der Waals surface area contributed by atoms with Gasteiger partial charge in [-0.1, -0.05) is 17.3 Å². The first-order valence-corrected chi connectivity index (χ1v) is 10.9. The number of rotatable bonds is 8. The van der Waals surface area contributed by atoms with Gasteiger partial charge in [-0.2, -0.15) is 0 Å². The van der Waals surface area contributed by atoms with E-state index in [2.05, 4.69) is 5.16 Å². The lowest BCUT2D eigenvalue weighted by Crippen LogP contribution is -2.23. The minimum Gasteiger partial charge on any atom is -0.454 e. The van der Waals surface area contributed by atoms with Crippen LogP contribution in [0.2, 0.25) is 0 Å². The molecule has 0 saturated heterocycles. The largest absolute Gasteiger partial charge is 0.454 e. The topological polar surface area (TPSA) is 94.6 Å². The van der Waals surface area contributed by atoms with Crippen LogP contribution in [0.1, 0.15) is 37.9 Å². The van der Waals surface area contributed by atoms with Crippen LogP contribution in [-0.2, 0) is 9.53 Å². The smallest absolute Gasteiger partial charge is 0.339 e. The number of amides is 1. The van der Waals surface area contributed by atoms with Crippen molar-refractivity contribution in [1.29, 1.82) is 0 Å². The number of hydrogen-bond acceptors (Lipinski definition) is 7. The number of aryl methyl sites for hydroxylation is 2. The highest BCUT2D eigenvalue weighted by atomic mass is 32.2. The van der Waals surface area contributed by atoms with Crippen LogP contribution in [0.25, 0.3) is 5.82 Å². The standard InChI is InChI=1S/C23H25N3O5S/c1-14-10-18(16(3)26(14)21-11-15(2)31-24-21)19(27)12-30-23(29)17-8-6-7-9-20(17)32-13-22(28)25(4)5/h6-11H,12-13H2,1-5H3. The molecular weight excluding hydrogens is 430 g/mol. The van der Waals surface area contributed by atoms with Gasteiger partial charge in [0.2, 0.25) is 11.7 Å². The van der Waals surface area contributed by atoms with Gasteiger partial charge < -0.3 is 14.2 Å². The third-order valence-electron chi connectivity index (χ3n) is 4.87. The lowest BCUT2D eigenvalue weighted by Gasteiger charge is -2.12. The second-order valence-corrected chi connectivity index (χ2v) is 8.51. The molecule has 168 valence electrons. The fourth-order valence-corrected chi connectivity index (χ4v) is 4.19. The van der Waals surface area contributed by atoms with Gasteiger partial charge in [-0.15, -0.1) is 11.8 Å². The molecule has 0 aliphatic carbocycles. The van der Waals surface area contributed by atoms with Crippen LogP contribution in [0.5, 0.6) is 0 Å². The summed E-state index contributed by atoms with van der Waals surface area (Å²) in [5.41, 5.74) is 2.28. The third-order valence-corrected chi connectivity index (χ3v) is 5.93. The number of nitrogens with zero attached hydrogens (tertiary/aromatic N) is 3. The second kappa shape index (κ2) is 9.86. The van der Waals surface area contributed by atoms with Gasteiger partial charge in [0.1, 0.15) is 5.76 Å². The van der Waals surface area contributed by atoms with Gasteiger partial charge in [0.15, 0.2) is 12.4 Å². The molecule has 9 heteroatoms. The monoisotopic (exact) mass is 455 g/mol. The van der Waals surface area contributed by atoms with E-state index >= 15 is 0 Å². The quantitative estimate of drug-likeness (QED) is 0.291. The molecule has 0 unspecified atom stereocenters. The molecule has 1 aromatic carbocycles. The van der Waals surface area contributed by atoms with E-state index in [1.807, 2.05) is 11.5 Å². The summed E-state index contributed by atoms with van der Waals surface area (Å²) < 4.78 is 12.3. The number of thioether (sulfide) groups is 1. The number of benzene rings is 1. The van der Waals surface area contributed by atoms with Crippen LogP contribution >= 0.6 is 11.8 Å². The minimum atomic E-state index is -0.611. The summed E-state index contributed by atoms with van der Waals surface area (Å²) in [6.45, 7) is 5.07. The van der Waals surface area contributed by atoms with Crippen molar-refractivity contribution in [3.05, 3.63) is 64.7 Å². The molecule has 0 fully saturated rings. The summed E-state index contributed by atoms with van der Waals surface area (Å²) in [7, 11) is 3.35. The first kappa shape index (κ1) is 23.3. The molecule has 2 aromatic heterocycles. The lowest BCUT2D eigenvalue weighted by atomic mass is 10.1. The summed E-state index contributed by atoms with van der Waals surface area (Å²) in [6, 6.07) is 10.4. The van der Waals surface area contributed by atoms with Crippen LogP contribution in [0, 0.1) is 20.8 Å². The molecule has 0 atom stereocenters. The zero-order chi connectivity index (χ0) is 23.4. The first-order valence-electron chi connectivity index (χ1n) is 9.94. The van der Waals surface area contributed by atoms with E-state index in [0.29, 0.717) is 33.3 Å². The number of hydrogen-bond donors (Lipinski definition) is 0. The van der Waals surface area contributed by atoms with Crippen molar-refractivity contribution in [1.82, 2.24) is 14.6 Å². The Morgan fingerprint density at radius 1 is 1.09 bits per heavy atom. The minimum absolute atomic E-state index is 0.0639. The predicted molar refractivity (Wildman–Crippen MR) is 121 cm³/mol. The van der Waals surface area contributed by atoms with E-state index in [4.69, 9.17) is 9.26 Å². The van der Waals surface area contributed by atoms with Gasteiger partial charge in [0.05, 0.1) is 11.3 Å². The molecule has 0 spiro atoms. The van der Waals surface area contributed by atoms with Crippen molar-refractivity contribution in [3.63, 3.8) is 0 Å². The number of ketones is 1. The van der Waals surface area contributed by atoms with Gasteiger partial charge in [0, 0.05) is 42.0 Å². The van der Waals surface area contributed by atoms with E-state index in [1.165, 1.54) is 16.7 Å². The number of ether oxygens (including phenoxy) is 1. The lowest BCUT2D eigenvalue weighted by molar-refractivity contribution is -0.125. The number of esters is 1. The Morgan fingerprint density at radius 3 is 2.47 bits per heavy atom. The van der Waals surface area contributed by atoms with Gasteiger partial charge in [-0.05, 0) is 39.0 Å². The van der Waals surface area contributed by atoms with Crippen LogP contribution in [0.4, 0.5) is 0 Å². The Morgan fingerprint density at radius 2 is 1.81 bits per heavy atom. The Labute approximate surface area is 190 Å². The molecule has 0 radical (unpaired) electrons. The normalized spacial score (nSPS) is 10.8. The predicted octanol–water partition coefficient (Wildman–Crippen LogP) is 3.61. The summed E-state index contributed by atoms with van der Waals surface area (Å²) in [6.07, 6.45) is 0. The van der Waals surface area contributed by atoms with Gasteiger partial charge in [-0.3, -0.25) is 14.2 Å². The van der Waals surface area contributed by atoms with Crippen LogP contribution < -0.4 is 0 Å². The molecule has 2 heterocycles. The molecule has 32 heavy (non-hydrogen) atoms. The Bertz CT molecular complexity index is 1160. The molecular formula is C23H25N3O5S. The Hall–Kier alpha value is -3.33. The van der Waals surface area contributed by atoms with E-state index < -0.39 is 12.6 Å². The van der Waals surface area contributed by atoms with Crippen molar-refractivity contribution in [2.75, 3.05) is 26.5 Å². The van der Waals surface area contributed by atoms with Gasteiger partial charge in [-0.25, -0.2) is 4.79 Å². The highest BCUT2D eigenvalue weighted by Crippen LogP contribution is 2.24. The second-order valence-electron chi connectivity index (χ2n) is 7.49. The summed E-state index contributed by atoms with van der Waals surface area (Å²) in [5, 5.41) is 4.01. The van der Waals surface area contributed by atoms with E-state index in [0.717, 1.165) is 5.69 Å². The van der Waals surface area contributed by atoms with Crippen LogP contribution in [0.3, 0.4) is 0 Å². The molecule has 0 N–H and O–H groups in total. The maximum absolute atomic E-state index is 12.8. The molecule has 3 rings (SSSR count). The molecule has 0 aliphatic heterocycles. The summed E-state index contributed by atoms with van der Waals surface area (Å²) >= 11 is 1.25. The summed E-state index contributed by atoms with van der Waals surface area (Å²) in [5.74, 6) is 0.463. The highest BCUT2D eigenvalue weighted by Gasteiger charge is 2.21. The first-order chi connectivity index (χ1) is 15.2. The van der Waals surface area contributed by atoms with Crippen LogP contribution in [-0.4, -0.2) is 58.7 Å². The van der Waals surface area contributed by atoms with Gasteiger partial charge >= 0.3 is 5.97 Å². The molecule has 1 amide bonds. The highest BCUT2D eigenvalue weighted by molar-refractivity contribution is 8.00. The molecule has 0 bridgehead atoms. The van der Waals surface area contributed by atoms with Crippen molar-refractivity contribution >= 4 is 29.4 Å². The van der Waals surface area contributed by atoms with Crippen molar-refractivity contribution < 1.29 is 23.6 Å². The number of Topliss-reactive ketones (excluding diaryl/α,β-unsaturated/α-hetero) is 1. The average Bonchev–Trinajstić information content (AvgIpc) is 3.31. The van der Waals surface area contributed by atoms with E-state index in [9.17, 15) is 14.4 Å². The molecule has 3 aromatic rings. The van der Waals surface area contributed by atoms with E-state index in [1.54, 1.807) is 64.3 Å². The fourth-order valence-electron chi connectivity index (χ4n) is 3.17. The fraction of sp³-hybridized carbons (Fsp3) is 0.304. The number of carbonyl (C=O) groups is 3. The summed E-state index contributed by atoms with van der Waals surface area (Å²) in [4.78, 5) is 39.4. The van der Waals surface area contributed by atoms with Gasteiger partial charge in [0.25, 0.3) is 0 Å². The zero-order valence-electron chi connectivity index (χ0n) is 18.7. The average molecular weight is 456 g/mol. The molecule has 0 aliphatic rings. The number of aromatic nitrogens is 2. The zero-order valence-corrected chi connectivity index (χ0v) is 19.5. The van der Waals surface area contributed by atoms with Crippen molar-refractivity contribution in [2.24, 2.45) is 0 Å². The Kier molecular flexibility index (Phi) is 7.19. The van der Waals surface area contributed by atoms with Crippen LogP contribution in [0.15, 0.2) is 45.8 Å². The maximum Gasteiger partial charge on any atom is 0.339 e. The van der Waals surface area contributed by atoms with Crippen molar-refractivity contribution in [3.8, 4) is 5.82 Å². The van der Waals surface area contributed by atoms with Crippen molar-refractivity contribution in [2.45, 2.75) is 25.7 Å². The maximum atomic E-state index is 12.8. The number of carbonyl (C=O) groups excluding carboxylic acids is 3. The third kappa shape index (κ3) is 5.11. The van der Waals surface area contributed by atoms with E-state index in [-0.39, 0.29) is 17.4 Å².